The van der Waals surface area contributed by atoms with Crippen LogP contribution < -0.4 is 4.74 Å². The fraction of sp³-hybridized carbons (Fsp3) is 0.200. The standard InChI is InChI=1S/C10H8Cl2O/c1-2-3-6-13-10-5-4-8(11)7-9(10)12/h1,4-5,7H,3,6H2. The molecule has 0 fully saturated rings. The topological polar surface area (TPSA) is 9.23 Å². The highest BCUT2D eigenvalue weighted by atomic mass is 35.5. The molecular weight excluding hydrogens is 207 g/mol. The van der Waals surface area contributed by atoms with E-state index in [1.165, 1.54) is 0 Å². The molecule has 1 aromatic rings. The van der Waals surface area contributed by atoms with Crippen LogP contribution in [0.1, 0.15) is 6.42 Å². The molecular formula is C10H8Cl2O. The van der Waals surface area contributed by atoms with Gasteiger partial charge in [-0.2, -0.15) is 0 Å². The minimum atomic E-state index is 0.470. The van der Waals surface area contributed by atoms with Gasteiger partial charge in [0.1, 0.15) is 5.75 Å². The lowest BCUT2D eigenvalue weighted by Crippen LogP contribution is -1.95. The summed E-state index contributed by atoms with van der Waals surface area (Å²) in [5.74, 6) is 3.09. The second-order valence-electron chi connectivity index (χ2n) is 2.38. The van der Waals surface area contributed by atoms with Gasteiger partial charge in [-0.25, -0.2) is 0 Å². The highest BCUT2D eigenvalue weighted by Gasteiger charge is 2.00. The predicted molar refractivity (Wildman–Crippen MR) is 55.4 cm³/mol. The van der Waals surface area contributed by atoms with E-state index in [9.17, 15) is 0 Å². The molecule has 0 N–H and O–H groups in total. The lowest BCUT2D eigenvalue weighted by Gasteiger charge is -2.05. The Balaban J connectivity index is 2.62. The number of hydrogen-bond donors (Lipinski definition) is 0. The third-order valence-corrected chi connectivity index (χ3v) is 1.93. The molecule has 0 aliphatic carbocycles. The molecule has 1 rings (SSSR count). The summed E-state index contributed by atoms with van der Waals surface area (Å²) < 4.78 is 5.30. The molecule has 0 radical (unpaired) electrons. The zero-order chi connectivity index (χ0) is 9.68. The highest BCUT2D eigenvalue weighted by molar-refractivity contribution is 6.35. The third kappa shape index (κ3) is 3.18. The van der Waals surface area contributed by atoms with E-state index >= 15 is 0 Å². The molecule has 0 bridgehead atoms. The lowest BCUT2D eigenvalue weighted by molar-refractivity contribution is 0.327. The fourth-order valence-corrected chi connectivity index (χ4v) is 1.28. The number of rotatable bonds is 3. The van der Waals surface area contributed by atoms with E-state index in [0.717, 1.165) is 0 Å². The van der Waals surface area contributed by atoms with Gasteiger partial charge in [0.25, 0.3) is 0 Å². The molecule has 13 heavy (non-hydrogen) atoms. The Bertz CT molecular complexity index is 328. The molecule has 3 heteroatoms. The maximum atomic E-state index is 5.85. The average molecular weight is 215 g/mol. The molecule has 0 saturated heterocycles. The number of benzene rings is 1. The third-order valence-electron chi connectivity index (χ3n) is 1.40. The molecule has 0 saturated carbocycles. The van der Waals surface area contributed by atoms with Crippen LogP contribution in [0.25, 0.3) is 0 Å². The van der Waals surface area contributed by atoms with Crippen molar-refractivity contribution < 1.29 is 4.74 Å². The maximum Gasteiger partial charge on any atom is 0.138 e. The van der Waals surface area contributed by atoms with Crippen molar-refractivity contribution in [2.45, 2.75) is 6.42 Å². The van der Waals surface area contributed by atoms with E-state index in [1.54, 1.807) is 18.2 Å². The van der Waals surface area contributed by atoms with Crippen LogP contribution in [-0.4, -0.2) is 6.61 Å². The zero-order valence-corrected chi connectivity index (χ0v) is 8.40. The highest BCUT2D eigenvalue weighted by Crippen LogP contribution is 2.27. The van der Waals surface area contributed by atoms with Crippen molar-refractivity contribution in [1.29, 1.82) is 0 Å². The van der Waals surface area contributed by atoms with Crippen molar-refractivity contribution in [2.75, 3.05) is 6.61 Å². The lowest BCUT2D eigenvalue weighted by atomic mass is 10.3. The van der Waals surface area contributed by atoms with Gasteiger partial charge in [0.05, 0.1) is 11.6 Å². The van der Waals surface area contributed by atoms with Gasteiger partial charge in [-0.1, -0.05) is 23.2 Å². The summed E-state index contributed by atoms with van der Waals surface area (Å²) in [4.78, 5) is 0. The molecule has 1 aromatic carbocycles. The van der Waals surface area contributed by atoms with Crippen molar-refractivity contribution in [3.8, 4) is 18.1 Å². The Morgan fingerprint density at radius 2 is 2.15 bits per heavy atom. The second-order valence-corrected chi connectivity index (χ2v) is 3.22. The van der Waals surface area contributed by atoms with Crippen LogP contribution in [0.4, 0.5) is 0 Å². The Morgan fingerprint density at radius 3 is 2.77 bits per heavy atom. The van der Waals surface area contributed by atoms with E-state index in [4.69, 9.17) is 34.4 Å². The molecule has 1 nitrogen and oxygen atoms in total. The Morgan fingerprint density at radius 1 is 1.38 bits per heavy atom. The van der Waals surface area contributed by atoms with E-state index in [2.05, 4.69) is 5.92 Å². The molecule has 68 valence electrons. The monoisotopic (exact) mass is 214 g/mol. The maximum absolute atomic E-state index is 5.85. The molecule has 0 amide bonds. The minimum absolute atomic E-state index is 0.470. The first-order valence-corrected chi connectivity index (χ1v) is 4.51. The Labute approximate surface area is 87.6 Å². The largest absolute Gasteiger partial charge is 0.491 e. The van der Waals surface area contributed by atoms with Crippen LogP contribution in [-0.2, 0) is 0 Å². The van der Waals surface area contributed by atoms with Crippen molar-refractivity contribution >= 4 is 23.2 Å². The van der Waals surface area contributed by atoms with E-state index in [0.29, 0.717) is 28.8 Å². The van der Waals surface area contributed by atoms with Crippen molar-refractivity contribution in [2.24, 2.45) is 0 Å². The summed E-state index contributed by atoms with van der Waals surface area (Å²) in [5.41, 5.74) is 0. The van der Waals surface area contributed by atoms with Gasteiger partial charge in [0.15, 0.2) is 0 Å². The van der Waals surface area contributed by atoms with Crippen LogP contribution in [0.2, 0.25) is 10.0 Å². The fourth-order valence-electron chi connectivity index (χ4n) is 0.812. The van der Waals surface area contributed by atoms with Gasteiger partial charge in [0, 0.05) is 11.4 Å². The summed E-state index contributed by atoms with van der Waals surface area (Å²) in [6.07, 6.45) is 5.64. The molecule has 0 unspecified atom stereocenters. The van der Waals surface area contributed by atoms with Crippen LogP contribution in [0.15, 0.2) is 18.2 Å². The number of hydrogen-bond acceptors (Lipinski definition) is 1. The SMILES string of the molecule is C#CCCOc1ccc(Cl)cc1Cl. The minimum Gasteiger partial charge on any atom is -0.491 e. The molecule has 0 heterocycles. The van der Waals surface area contributed by atoms with Crippen LogP contribution in [0.3, 0.4) is 0 Å². The Kier molecular flexibility index (Phi) is 3.95. The summed E-state index contributed by atoms with van der Waals surface area (Å²) in [6, 6.07) is 5.08. The van der Waals surface area contributed by atoms with Gasteiger partial charge >= 0.3 is 0 Å². The first kappa shape index (κ1) is 10.2. The van der Waals surface area contributed by atoms with Gasteiger partial charge in [0.2, 0.25) is 0 Å². The first-order chi connectivity index (χ1) is 6.24. The molecule has 0 spiro atoms. The van der Waals surface area contributed by atoms with Crippen LogP contribution in [0.5, 0.6) is 5.75 Å². The van der Waals surface area contributed by atoms with Gasteiger partial charge in [-0.15, -0.1) is 12.3 Å². The normalized spacial score (nSPS) is 9.31. The molecule has 0 atom stereocenters. The summed E-state index contributed by atoms with van der Waals surface area (Å²) >= 11 is 11.6. The van der Waals surface area contributed by atoms with Gasteiger partial charge in [-0.05, 0) is 18.2 Å². The quantitative estimate of drug-likeness (QED) is 0.554. The van der Waals surface area contributed by atoms with Crippen LogP contribution >= 0.6 is 23.2 Å². The van der Waals surface area contributed by atoms with Gasteiger partial charge < -0.3 is 4.74 Å². The number of ether oxygens (including phenoxy) is 1. The summed E-state index contributed by atoms with van der Waals surface area (Å²) in [6.45, 7) is 0.470. The number of halogens is 2. The first-order valence-electron chi connectivity index (χ1n) is 3.75. The predicted octanol–water partition coefficient (Wildman–Crippen LogP) is 3.40. The molecule has 0 aliphatic rings. The van der Waals surface area contributed by atoms with Crippen molar-refractivity contribution in [1.82, 2.24) is 0 Å². The van der Waals surface area contributed by atoms with Crippen LogP contribution in [0, 0.1) is 12.3 Å². The molecule has 0 aromatic heterocycles. The summed E-state index contributed by atoms with van der Waals surface area (Å²) in [5, 5.41) is 1.10. The zero-order valence-electron chi connectivity index (χ0n) is 6.89. The average Bonchev–Trinajstić information content (AvgIpc) is 2.09. The Hall–Kier alpha value is -0.840. The second kappa shape index (κ2) is 5.01. The van der Waals surface area contributed by atoms with E-state index < -0.39 is 0 Å². The molecule has 0 aliphatic heterocycles. The van der Waals surface area contributed by atoms with Gasteiger partial charge in [-0.3, -0.25) is 0 Å². The smallest absolute Gasteiger partial charge is 0.138 e. The van der Waals surface area contributed by atoms with Crippen molar-refractivity contribution in [3.05, 3.63) is 28.2 Å². The number of terminal acetylenes is 1. The van der Waals surface area contributed by atoms with E-state index in [-0.39, 0.29) is 0 Å². The van der Waals surface area contributed by atoms with E-state index in [1.807, 2.05) is 0 Å². The summed E-state index contributed by atoms with van der Waals surface area (Å²) in [7, 11) is 0. The van der Waals surface area contributed by atoms with Crippen molar-refractivity contribution in [3.63, 3.8) is 0 Å².